The van der Waals surface area contributed by atoms with Gasteiger partial charge in [0, 0.05) is 6.04 Å². The molecule has 0 unspecified atom stereocenters. The first-order chi connectivity index (χ1) is 8.92. The molecule has 18 heavy (non-hydrogen) atoms. The Bertz CT molecular complexity index is 347. The maximum absolute atomic E-state index is 3.76. The summed E-state index contributed by atoms with van der Waals surface area (Å²) < 4.78 is 0. The SMILES string of the molecule is c1ccc(C2CCC(NCCC3CC3)CC2)cc1. The van der Waals surface area contributed by atoms with Crippen LogP contribution in [0.4, 0.5) is 0 Å². The van der Waals surface area contributed by atoms with Crippen molar-refractivity contribution >= 4 is 0 Å². The van der Waals surface area contributed by atoms with Crippen molar-refractivity contribution in [3.63, 3.8) is 0 Å². The highest BCUT2D eigenvalue weighted by Gasteiger charge is 2.23. The third kappa shape index (κ3) is 3.35. The molecular weight excluding hydrogens is 218 g/mol. The lowest BCUT2D eigenvalue weighted by atomic mass is 9.82. The second-order valence-corrected chi connectivity index (χ2v) is 6.15. The van der Waals surface area contributed by atoms with Crippen molar-refractivity contribution in [1.29, 1.82) is 0 Å². The molecule has 2 aliphatic carbocycles. The van der Waals surface area contributed by atoms with Gasteiger partial charge in [0.2, 0.25) is 0 Å². The Morgan fingerprint density at radius 2 is 1.61 bits per heavy atom. The van der Waals surface area contributed by atoms with E-state index >= 15 is 0 Å². The van der Waals surface area contributed by atoms with Gasteiger partial charge in [-0.3, -0.25) is 0 Å². The fraction of sp³-hybridized carbons (Fsp3) is 0.647. The second kappa shape index (κ2) is 5.88. The molecule has 1 nitrogen and oxygen atoms in total. The highest BCUT2D eigenvalue weighted by Crippen LogP contribution is 2.34. The summed E-state index contributed by atoms with van der Waals surface area (Å²) in [5, 5.41) is 3.76. The largest absolute Gasteiger partial charge is 0.314 e. The van der Waals surface area contributed by atoms with Crippen LogP contribution in [0, 0.1) is 5.92 Å². The molecule has 0 heterocycles. The monoisotopic (exact) mass is 243 g/mol. The van der Waals surface area contributed by atoms with Gasteiger partial charge in [0.15, 0.2) is 0 Å². The maximum Gasteiger partial charge on any atom is 0.00674 e. The van der Waals surface area contributed by atoms with Crippen LogP contribution in [0.2, 0.25) is 0 Å². The van der Waals surface area contributed by atoms with Gasteiger partial charge in [-0.15, -0.1) is 0 Å². The summed E-state index contributed by atoms with van der Waals surface area (Å²) >= 11 is 0. The van der Waals surface area contributed by atoms with Crippen LogP contribution < -0.4 is 5.32 Å². The van der Waals surface area contributed by atoms with Gasteiger partial charge >= 0.3 is 0 Å². The Hall–Kier alpha value is -0.820. The quantitative estimate of drug-likeness (QED) is 0.821. The second-order valence-electron chi connectivity index (χ2n) is 6.15. The minimum atomic E-state index is 0.795. The van der Waals surface area contributed by atoms with E-state index in [1.807, 2.05) is 0 Å². The van der Waals surface area contributed by atoms with Crippen molar-refractivity contribution in [2.45, 2.75) is 56.9 Å². The van der Waals surface area contributed by atoms with Crippen molar-refractivity contribution in [3.05, 3.63) is 35.9 Å². The zero-order valence-electron chi connectivity index (χ0n) is 11.3. The molecule has 0 atom stereocenters. The van der Waals surface area contributed by atoms with Crippen LogP contribution in [0.3, 0.4) is 0 Å². The van der Waals surface area contributed by atoms with E-state index in [1.54, 1.807) is 5.56 Å². The van der Waals surface area contributed by atoms with Crippen molar-refractivity contribution in [3.8, 4) is 0 Å². The molecule has 0 aromatic heterocycles. The van der Waals surface area contributed by atoms with Gasteiger partial charge in [0.25, 0.3) is 0 Å². The third-order valence-corrected chi connectivity index (χ3v) is 4.68. The van der Waals surface area contributed by atoms with Gasteiger partial charge < -0.3 is 5.32 Å². The van der Waals surface area contributed by atoms with E-state index in [2.05, 4.69) is 35.6 Å². The van der Waals surface area contributed by atoms with E-state index in [0.717, 1.165) is 17.9 Å². The Labute approximate surface area is 111 Å². The van der Waals surface area contributed by atoms with Crippen LogP contribution >= 0.6 is 0 Å². The Kier molecular flexibility index (Phi) is 3.99. The van der Waals surface area contributed by atoms with Crippen LogP contribution in [0.5, 0.6) is 0 Å². The van der Waals surface area contributed by atoms with Crippen molar-refractivity contribution in [2.75, 3.05) is 6.54 Å². The summed E-state index contributed by atoms with van der Waals surface area (Å²) in [5.41, 5.74) is 1.55. The van der Waals surface area contributed by atoms with Crippen molar-refractivity contribution in [2.24, 2.45) is 5.92 Å². The Morgan fingerprint density at radius 1 is 0.889 bits per heavy atom. The van der Waals surface area contributed by atoms with Gasteiger partial charge in [-0.05, 0) is 56.0 Å². The molecule has 2 aliphatic rings. The summed E-state index contributed by atoms with van der Waals surface area (Å²) in [6.07, 6.45) is 9.86. The number of hydrogen-bond acceptors (Lipinski definition) is 1. The molecular formula is C17H25N. The molecule has 0 bridgehead atoms. The van der Waals surface area contributed by atoms with E-state index < -0.39 is 0 Å². The molecule has 1 aromatic carbocycles. The molecule has 0 aliphatic heterocycles. The van der Waals surface area contributed by atoms with E-state index in [0.29, 0.717) is 0 Å². The first-order valence-electron chi connectivity index (χ1n) is 7.70. The van der Waals surface area contributed by atoms with Crippen molar-refractivity contribution in [1.82, 2.24) is 5.32 Å². The molecule has 0 saturated heterocycles. The average Bonchev–Trinajstić information content (AvgIpc) is 3.25. The lowest BCUT2D eigenvalue weighted by Gasteiger charge is -2.29. The van der Waals surface area contributed by atoms with Gasteiger partial charge in [-0.25, -0.2) is 0 Å². The molecule has 0 spiro atoms. The summed E-state index contributed by atoms with van der Waals surface area (Å²) in [6, 6.07) is 11.9. The Morgan fingerprint density at radius 3 is 2.28 bits per heavy atom. The smallest absolute Gasteiger partial charge is 0.00674 e. The Balaban J connectivity index is 1.40. The standard InChI is InChI=1S/C17H25N/c1-2-4-15(5-3-1)16-8-10-17(11-9-16)18-13-12-14-6-7-14/h1-5,14,16-18H,6-13H2. The van der Waals surface area contributed by atoms with Gasteiger partial charge in [0.1, 0.15) is 0 Å². The molecule has 0 radical (unpaired) electrons. The predicted molar refractivity (Wildman–Crippen MR) is 76.8 cm³/mol. The van der Waals surface area contributed by atoms with E-state index in [4.69, 9.17) is 0 Å². The summed E-state index contributed by atoms with van der Waals surface area (Å²) in [7, 11) is 0. The predicted octanol–water partition coefficient (Wildman–Crippen LogP) is 4.10. The molecule has 2 fully saturated rings. The highest BCUT2D eigenvalue weighted by atomic mass is 14.9. The minimum Gasteiger partial charge on any atom is -0.314 e. The fourth-order valence-electron chi connectivity index (χ4n) is 3.25. The first kappa shape index (κ1) is 12.2. The third-order valence-electron chi connectivity index (χ3n) is 4.68. The van der Waals surface area contributed by atoms with E-state index in [-0.39, 0.29) is 0 Å². The fourth-order valence-corrected chi connectivity index (χ4v) is 3.25. The molecule has 1 heteroatoms. The molecule has 0 amide bonds. The van der Waals surface area contributed by atoms with Gasteiger partial charge in [-0.2, -0.15) is 0 Å². The molecule has 1 aromatic rings. The van der Waals surface area contributed by atoms with Crippen LogP contribution in [-0.4, -0.2) is 12.6 Å². The summed E-state index contributed by atoms with van der Waals surface area (Å²) in [6.45, 7) is 1.26. The molecule has 3 rings (SSSR count). The van der Waals surface area contributed by atoms with Crippen molar-refractivity contribution < 1.29 is 0 Å². The van der Waals surface area contributed by atoms with E-state index in [1.165, 1.54) is 51.5 Å². The zero-order chi connectivity index (χ0) is 12.2. The topological polar surface area (TPSA) is 12.0 Å². The normalized spacial score (nSPS) is 28.2. The summed E-state index contributed by atoms with van der Waals surface area (Å²) in [5.74, 6) is 1.88. The van der Waals surface area contributed by atoms with Crippen LogP contribution in [-0.2, 0) is 0 Å². The first-order valence-corrected chi connectivity index (χ1v) is 7.70. The van der Waals surface area contributed by atoms with Crippen LogP contribution in [0.15, 0.2) is 30.3 Å². The molecule has 98 valence electrons. The minimum absolute atomic E-state index is 0.795. The number of benzene rings is 1. The summed E-state index contributed by atoms with van der Waals surface area (Å²) in [4.78, 5) is 0. The number of rotatable bonds is 5. The average molecular weight is 243 g/mol. The van der Waals surface area contributed by atoms with Gasteiger partial charge in [0.05, 0.1) is 0 Å². The number of hydrogen-bond donors (Lipinski definition) is 1. The van der Waals surface area contributed by atoms with Crippen LogP contribution in [0.25, 0.3) is 0 Å². The lowest BCUT2D eigenvalue weighted by molar-refractivity contribution is 0.340. The van der Waals surface area contributed by atoms with Crippen LogP contribution in [0.1, 0.15) is 56.4 Å². The zero-order valence-corrected chi connectivity index (χ0v) is 11.3. The van der Waals surface area contributed by atoms with Gasteiger partial charge in [-0.1, -0.05) is 43.2 Å². The highest BCUT2D eigenvalue weighted by molar-refractivity contribution is 5.20. The maximum atomic E-state index is 3.76. The lowest BCUT2D eigenvalue weighted by Crippen LogP contribution is -2.33. The van der Waals surface area contributed by atoms with E-state index in [9.17, 15) is 0 Å². The molecule has 2 saturated carbocycles. The number of nitrogens with one attached hydrogen (secondary N) is 1. The molecule has 1 N–H and O–H groups in total.